The van der Waals surface area contributed by atoms with E-state index in [1.54, 1.807) is 6.07 Å². The fraction of sp³-hybridized carbons (Fsp3) is 0.654. The Balaban J connectivity index is 1.87. The predicted octanol–water partition coefficient (Wildman–Crippen LogP) is 7.22. The van der Waals surface area contributed by atoms with Crippen molar-refractivity contribution in [3.05, 3.63) is 35.9 Å². The maximum atomic E-state index is 11.8. The number of hydrogen-bond acceptors (Lipinski definition) is 4. The van der Waals surface area contributed by atoms with Gasteiger partial charge in [-0.05, 0) is 49.8 Å². The Hall–Kier alpha value is -1.97. The van der Waals surface area contributed by atoms with Crippen LogP contribution < -0.4 is 0 Å². The number of phenolic OH excluding ortho intramolecular Hbond substituents is 2. The molecule has 4 heteroatoms. The number of aromatic hydroxyl groups is 2. The van der Waals surface area contributed by atoms with Gasteiger partial charge in [-0.3, -0.25) is 4.79 Å². The van der Waals surface area contributed by atoms with Gasteiger partial charge in [-0.15, -0.1) is 0 Å². The van der Waals surface area contributed by atoms with Crippen LogP contribution in [0.25, 0.3) is 0 Å². The van der Waals surface area contributed by atoms with Gasteiger partial charge in [0.1, 0.15) is 0 Å². The zero-order valence-corrected chi connectivity index (χ0v) is 18.9. The van der Waals surface area contributed by atoms with E-state index in [1.165, 1.54) is 82.8 Å². The molecule has 0 radical (unpaired) electrons. The molecule has 0 amide bonds. The van der Waals surface area contributed by atoms with Crippen molar-refractivity contribution in [3.8, 4) is 11.5 Å². The minimum absolute atomic E-state index is 0.139. The summed E-state index contributed by atoms with van der Waals surface area (Å²) in [5, 5.41) is 18.7. The third-order valence-electron chi connectivity index (χ3n) is 5.34. The van der Waals surface area contributed by atoms with Crippen LogP contribution in [-0.2, 0) is 16.0 Å². The standard InChI is InChI=1S/C26H42O4/c1-2-3-4-5-6-7-8-9-10-11-12-13-14-15-16-17-26(29)30-21-20-23-18-19-24(27)25(28)22-23/h9-10,18-19,22,27-28H,2-8,11-17,20-21H2,1H3/b10-9+. The van der Waals surface area contributed by atoms with E-state index in [0.717, 1.165) is 18.4 Å². The second-order valence-electron chi connectivity index (χ2n) is 8.13. The molecule has 1 aromatic rings. The molecule has 0 aliphatic rings. The Morgan fingerprint density at radius 2 is 1.43 bits per heavy atom. The van der Waals surface area contributed by atoms with Crippen LogP contribution in [0, 0.1) is 0 Å². The summed E-state index contributed by atoms with van der Waals surface area (Å²) in [4.78, 5) is 11.8. The van der Waals surface area contributed by atoms with Crippen molar-refractivity contribution >= 4 is 5.97 Å². The fourth-order valence-corrected chi connectivity index (χ4v) is 3.42. The van der Waals surface area contributed by atoms with Gasteiger partial charge in [0.25, 0.3) is 0 Å². The Kier molecular flexibility index (Phi) is 15.5. The summed E-state index contributed by atoms with van der Waals surface area (Å²) >= 11 is 0. The molecule has 0 heterocycles. The molecular weight excluding hydrogens is 376 g/mol. The topological polar surface area (TPSA) is 66.8 Å². The monoisotopic (exact) mass is 418 g/mol. The molecular formula is C26H42O4. The molecule has 0 aromatic heterocycles. The van der Waals surface area contributed by atoms with Crippen LogP contribution in [0.2, 0.25) is 0 Å². The van der Waals surface area contributed by atoms with Gasteiger partial charge in [0.15, 0.2) is 11.5 Å². The van der Waals surface area contributed by atoms with Gasteiger partial charge in [0.2, 0.25) is 0 Å². The average Bonchev–Trinajstić information content (AvgIpc) is 2.73. The maximum absolute atomic E-state index is 11.8. The van der Waals surface area contributed by atoms with Gasteiger partial charge >= 0.3 is 5.97 Å². The van der Waals surface area contributed by atoms with Crippen molar-refractivity contribution in [3.63, 3.8) is 0 Å². The molecule has 0 atom stereocenters. The quantitative estimate of drug-likeness (QED) is 0.114. The predicted molar refractivity (Wildman–Crippen MR) is 124 cm³/mol. The van der Waals surface area contributed by atoms with Crippen LogP contribution >= 0.6 is 0 Å². The van der Waals surface area contributed by atoms with Gasteiger partial charge < -0.3 is 14.9 Å². The minimum atomic E-state index is -0.157. The highest BCUT2D eigenvalue weighted by Gasteiger charge is 2.05. The molecule has 1 rings (SSSR count). The number of unbranched alkanes of at least 4 members (excludes halogenated alkanes) is 11. The largest absolute Gasteiger partial charge is 0.504 e. The van der Waals surface area contributed by atoms with Crippen molar-refractivity contribution in [1.29, 1.82) is 0 Å². The van der Waals surface area contributed by atoms with Crippen molar-refractivity contribution in [2.24, 2.45) is 0 Å². The summed E-state index contributed by atoms with van der Waals surface area (Å²) in [5.74, 6) is -0.442. The summed E-state index contributed by atoms with van der Waals surface area (Å²) in [6.07, 6.45) is 21.8. The zero-order chi connectivity index (χ0) is 21.9. The lowest BCUT2D eigenvalue weighted by molar-refractivity contribution is -0.143. The van der Waals surface area contributed by atoms with Crippen LogP contribution in [0.5, 0.6) is 11.5 Å². The number of benzene rings is 1. The van der Waals surface area contributed by atoms with E-state index in [4.69, 9.17) is 4.74 Å². The second kappa shape index (κ2) is 17.9. The molecule has 0 aliphatic heterocycles. The third kappa shape index (κ3) is 14.1. The smallest absolute Gasteiger partial charge is 0.305 e. The lowest BCUT2D eigenvalue weighted by Gasteiger charge is -2.06. The molecule has 0 aliphatic carbocycles. The molecule has 1 aromatic carbocycles. The van der Waals surface area contributed by atoms with Crippen LogP contribution in [0.3, 0.4) is 0 Å². The van der Waals surface area contributed by atoms with E-state index < -0.39 is 0 Å². The highest BCUT2D eigenvalue weighted by atomic mass is 16.5. The van der Waals surface area contributed by atoms with Gasteiger partial charge in [-0.25, -0.2) is 0 Å². The first-order chi connectivity index (χ1) is 14.6. The van der Waals surface area contributed by atoms with Gasteiger partial charge in [0.05, 0.1) is 6.61 Å². The summed E-state index contributed by atoms with van der Waals surface area (Å²) in [7, 11) is 0. The average molecular weight is 419 g/mol. The molecule has 30 heavy (non-hydrogen) atoms. The number of esters is 1. The molecule has 0 saturated carbocycles. The van der Waals surface area contributed by atoms with Crippen LogP contribution in [0.4, 0.5) is 0 Å². The van der Waals surface area contributed by atoms with E-state index in [0.29, 0.717) is 19.4 Å². The van der Waals surface area contributed by atoms with Gasteiger partial charge in [0, 0.05) is 12.8 Å². The molecule has 0 bridgehead atoms. The molecule has 4 nitrogen and oxygen atoms in total. The maximum Gasteiger partial charge on any atom is 0.305 e. The molecule has 170 valence electrons. The summed E-state index contributed by atoms with van der Waals surface area (Å²) in [5.41, 5.74) is 0.833. The van der Waals surface area contributed by atoms with Crippen molar-refractivity contribution in [1.82, 2.24) is 0 Å². The number of ether oxygens (including phenoxy) is 1. The summed E-state index contributed by atoms with van der Waals surface area (Å²) in [6.45, 7) is 2.56. The molecule has 2 N–H and O–H groups in total. The van der Waals surface area contributed by atoms with E-state index >= 15 is 0 Å². The first-order valence-electron chi connectivity index (χ1n) is 11.9. The molecule has 0 unspecified atom stereocenters. The Labute approximate surface area is 183 Å². The Morgan fingerprint density at radius 1 is 0.833 bits per heavy atom. The fourth-order valence-electron chi connectivity index (χ4n) is 3.42. The van der Waals surface area contributed by atoms with Crippen LogP contribution in [0.15, 0.2) is 30.4 Å². The zero-order valence-electron chi connectivity index (χ0n) is 18.9. The molecule has 0 saturated heterocycles. The second-order valence-corrected chi connectivity index (χ2v) is 8.13. The minimum Gasteiger partial charge on any atom is -0.504 e. The Morgan fingerprint density at radius 3 is 2.07 bits per heavy atom. The van der Waals surface area contributed by atoms with E-state index in [9.17, 15) is 15.0 Å². The first-order valence-corrected chi connectivity index (χ1v) is 11.9. The van der Waals surface area contributed by atoms with Crippen molar-refractivity contribution < 1.29 is 19.7 Å². The van der Waals surface area contributed by atoms with Gasteiger partial charge in [-0.2, -0.15) is 0 Å². The lowest BCUT2D eigenvalue weighted by Crippen LogP contribution is -2.07. The molecule has 0 spiro atoms. The lowest BCUT2D eigenvalue weighted by atomic mass is 10.1. The van der Waals surface area contributed by atoms with Gasteiger partial charge in [-0.1, -0.05) is 76.5 Å². The van der Waals surface area contributed by atoms with Crippen LogP contribution in [-0.4, -0.2) is 22.8 Å². The number of hydrogen-bond donors (Lipinski definition) is 2. The number of carbonyl (C=O) groups is 1. The van der Waals surface area contributed by atoms with E-state index in [1.807, 2.05) is 0 Å². The molecule has 0 fully saturated rings. The first kappa shape index (κ1) is 26.1. The van der Waals surface area contributed by atoms with E-state index in [2.05, 4.69) is 19.1 Å². The Bertz CT molecular complexity index is 595. The SMILES string of the molecule is CCCCCCCC/C=C/CCCCCCCC(=O)OCCc1ccc(O)c(O)c1. The number of allylic oxidation sites excluding steroid dienone is 2. The summed E-state index contributed by atoms with van der Waals surface area (Å²) < 4.78 is 5.24. The number of phenols is 2. The normalized spacial score (nSPS) is 11.2. The highest BCUT2D eigenvalue weighted by molar-refractivity contribution is 5.69. The number of rotatable bonds is 18. The van der Waals surface area contributed by atoms with E-state index in [-0.39, 0.29) is 17.5 Å². The van der Waals surface area contributed by atoms with Crippen molar-refractivity contribution in [2.75, 3.05) is 6.61 Å². The number of carbonyl (C=O) groups excluding carboxylic acids is 1. The van der Waals surface area contributed by atoms with Crippen molar-refractivity contribution in [2.45, 2.75) is 103 Å². The highest BCUT2D eigenvalue weighted by Crippen LogP contribution is 2.25. The van der Waals surface area contributed by atoms with Crippen LogP contribution in [0.1, 0.15) is 102 Å². The summed E-state index contributed by atoms with van der Waals surface area (Å²) in [6, 6.07) is 4.65. The third-order valence-corrected chi connectivity index (χ3v) is 5.34.